The van der Waals surface area contributed by atoms with Crippen LogP contribution in [0.3, 0.4) is 0 Å². The Morgan fingerprint density at radius 3 is 3.18 bits per heavy atom. The van der Waals surface area contributed by atoms with Crippen LogP contribution in [0.25, 0.3) is 10.9 Å². The lowest BCUT2D eigenvalue weighted by Crippen LogP contribution is -1.84. The van der Waals surface area contributed by atoms with Crippen LogP contribution in [-0.4, -0.2) is 4.98 Å². The van der Waals surface area contributed by atoms with Crippen molar-refractivity contribution in [3.05, 3.63) is 36.5 Å². The van der Waals surface area contributed by atoms with Crippen LogP contribution in [-0.2, 0) is 0 Å². The van der Waals surface area contributed by atoms with Crippen LogP contribution in [0.2, 0.25) is 0 Å². The molecule has 1 heterocycles. The summed E-state index contributed by atoms with van der Waals surface area (Å²) in [5.74, 6) is 0. The molecule has 0 saturated carbocycles. The number of nitrogens with zero attached hydrogens (tertiary/aromatic N) is 1. The van der Waals surface area contributed by atoms with Crippen LogP contribution in [0, 0.1) is 6.07 Å². The van der Waals surface area contributed by atoms with Gasteiger partial charge in [-0.15, -0.1) is 0 Å². The number of fused-ring (bicyclic) bond motifs is 1. The highest BCUT2D eigenvalue weighted by Crippen LogP contribution is 2.13. The molecule has 0 atom stereocenters. The van der Waals surface area contributed by atoms with E-state index in [1.807, 2.05) is 24.3 Å². The highest BCUT2D eigenvalue weighted by molar-refractivity contribution is 5.81. The second-order valence-electron chi connectivity index (χ2n) is 2.39. The third-order valence-electron chi connectivity index (χ3n) is 1.57. The van der Waals surface area contributed by atoms with Gasteiger partial charge in [-0.25, -0.2) is 0 Å². The van der Waals surface area contributed by atoms with Gasteiger partial charge in [-0.1, -0.05) is 0 Å². The molecule has 1 radical (unpaired) electrons. The molecular weight excluding hydrogens is 136 g/mol. The summed E-state index contributed by atoms with van der Waals surface area (Å²) >= 11 is 0. The van der Waals surface area contributed by atoms with Gasteiger partial charge in [0.05, 0.1) is 5.52 Å². The first kappa shape index (κ1) is 6.16. The zero-order valence-corrected chi connectivity index (χ0v) is 5.91. The summed E-state index contributed by atoms with van der Waals surface area (Å²) in [5, 5.41) is 1.03. The molecule has 1 aromatic carbocycles. The largest absolute Gasteiger partial charge is 0.399 e. The maximum atomic E-state index is 5.58. The van der Waals surface area contributed by atoms with Crippen LogP contribution in [0.15, 0.2) is 30.5 Å². The van der Waals surface area contributed by atoms with Gasteiger partial charge in [0.2, 0.25) is 0 Å². The maximum absolute atomic E-state index is 5.58. The van der Waals surface area contributed by atoms with E-state index in [1.54, 1.807) is 6.20 Å². The fraction of sp³-hybridized carbons (Fsp3) is 0. The number of benzene rings is 1. The average Bonchev–Trinajstić information content (AvgIpc) is 2.04. The fourth-order valence-corrected chi connectivity index (χ4v) is 1.04. The molecule has 2 nitrogen and oxygen atoms in total. The van der Waals surface area contributed by atoms with Gasteiger partial charge in [-0.05, 0) is 24.3 Å². The Kier molecular flexibility index (Phi) is 1.25. The van der Waals surface area contributed by atoms with Crippen molar-refractivity contribution in [3.63, 3.8) is 0 Å². The average molecular weight is 143 g/mol. The topological polar surface area (TPSA) is 38.9 Å². The molecule has 0 saturated heterocycles. The summed E-state index contributed by atoms with van der Waals surface area (Å²) in [5.41, 5.74) is 7.30. The highest BCUT2D eigenvalue weighted by Gasteiger charge is 1.91. The Labute approximate surface area is 64.7 Å². The van der Waals surface area contributed by atoms with Crippen LogP contribution in [0.4, 0.5) is 5.69 Å². The summed E-state index contributed by atoms with van der Waals surface area (Å²) < 4.78 is 0. The van der Waals surface area contributed by atoms with Gasteiger partial charge in [0, 0.05) is 23.3 Å². The lowest BCUT2D eigenvalue weighted by atomic mass is 10.2. The van der Waals surface area contributed by atoms with Gasteiger partial charge in [0.25, 0.3) is 0 Å². The molecule has 2 N–H and O–H groups in total. The summed E-state index contributed by atoms with van der Waals surface area (Å²) in [6.07, 6.45) is 1.65. The number of rotatable bonds is 0. The molecule has 53 valence electrons. The molecule has 2 aromatic rings. The minimum absolute atomic E-state index is 0.763. The smallest absolute Gasteiger partial charge is 0.0703 e. The predicted octanol–water partition coefficient (Wildman–Crippen LogP) is 1.62. The Morgan fingerprint density at radius 1 is 1.36 bits per heavy atom. The summed E-state index contributed by atoms with van der Waals surface area (Å²) in [6.45, 7) is 0. The van der Waals surface area contributed by atoms with Gasteiger partial charge in [0.1, 0.15) is 0 Å². The molecule has 0 aliphatic carbocycles. The summed E-state index contributed by atoms with van der Waals surface area (Å²) in [6, 6.07) is 10.4. The molecule has 0 unspecified atom stereocenters. The number of nitrogen functional groups attached to an aromatic ring is 1. The molecule has 0 amide bonds. The van der Waals surface area contributed by atoms with E-state index in [4.69, 9.17) is 5.73 Å². The number of pyridine rings is 1. The van der Waals surface area contributed by atoms with Crippen LogP contribution < -0.4 is 5.73 Å². The molecule has 0 fully saturated rings. The van der Waals surface area contributed by atoms with E-state index < -0.39 is 0 Å². The third-order valence-corrected chi connectivity index (χ3v) is 1.57. The van der Waals surface area contributed by atoms with Crippen molar-refractivity contribution in [3.8, 4) is 0 Å². The van der Waals surface area contributed by atoms with Crippen LogP contribution >= 0.6 is 0 Å². The first-order valence-corrected chi connectivity index (χ1v) is 3.37. The number of nitrogens with two attached hydrogens (primary N) is 1. The molecule has 0 aliphatic rings. The van der Waals surface area contributed by atoms with Crippen molar-refractivity contribution in [2.24, 2.45) is 0 Å². The fourth-order valence-electron chi connectivity index (χ4n) is 1.04. The minimum Gasteiger partial charge on any atom is -0.399 e. The summed E-state index contributed by atoms with van der Waals surface area (Å²) in [7, 11) is 0. The van der Waals surface area contributed by atoms with E-state index in [0.29, 0.717) is 0 Å². The Hall–Kier alpha value is -1.57. The van der Waals surface area contributed by atoms with E-state index in [9.17, 15) is 0 Å². The van der Waals surface area contributed by atoms with Crippen molar-refractivity contribution in [1.82, 2.24) is 4.98 Å². The van der Waals surface area contributed by atoms with Gasteiger partial charge in [-0.2, -0.15) is 0 Å². The monoisotopic (exact) mass is 143 g/mol. The van der Waals surface area contributed by atoms with Gasteiger partial charge in [0.15, 0.2) is 0 Å². The molecule has 0 spiro atoms. The molecule has 2 heteroatoms. The van der Waals surface area contributed by atoms with Crippen molar-refractivity contribution in [1.29, 1.82) is 0 Å². The standard InChI is InChI=1S/C9H7N2/c10-8-3-4-9-7(6-8)2-1-5-11-9/h2-6H,10H2. The molecule has 11 heavy (non-hydrogen) atoms. The first-order valence-electron chi connectivity index (χ1n) is 3.37. The predicted molar refractivity (Wildman–Crippen MR) is 45.0 cm³/mol. The van der Waals surface area contributed by atoms with Crippen molar-refractivity contribution in [2.45, 2.75) is 0 Å². The van der Waals surface area contributed by atoms with Crippen molar-refractivity contribution in [2.75, 3.05) is 5.73 Å². The Morgan fingerprint density at radius 2 is 2.27 bits per heavy atom. The third kappa shape index (κ3) is 1.03. The zero-order chi connectivity index (χ0) is 7.68. The van der Waals surface area contributed by atoms with Crippen LogP contribution in [0.5, 0.6) is 0 Å². The highest BCUT2D eigenvalue weighted by atomic mass is 14.6. The van der Waals surface area contributed by atoms with Gasteiger partial charge < -0.3 is 5.73 Å². The van der Waals surface area contributed by atoms with Crippen LogP contribution in [0.1, 0.15) is 0 Å². The van der Waals surface area contributed by atoms with Crippen molar-refractivity contribution >= 4 is 16.6 Å². The quantitative estimate of drug-likeness (QED) is 0.569. The first-order chi connectivity index (χ1) is 5.36. The molecule has 0 aliphatic heterocycles. The lowest BCUT2D eigenvalue weighted by Gasteiger charge is -1.95. The van der Waals surface area contributed by atoms with Crippen molar-refractivity contribution < 1.29 is 0 Å². The van der Waals surface area contributed by atoms with Gasteiger partial charge in [-0.3, -0.25) is 4.98 Å². The number of hydrogen-bond acceptors (Lipinski definition) is 2. The number of anilines is 1. The van der Waals surface area contributed by atoms with Gasteiger partial charge >= 0.3 is 0 Å². The molecule has 0 bridgehead atoms. The maximum Gasteiger partial charge on any atom is 0.0703 e. The van der Waals surface area contributed by atoms with E-state index in [-0.39, 0.29) is 0 Å². The SMILES string of the molecule is Nc1ccc2nc[c]cc2c1. The van der Waals surface area contributed by atoms with E-state index in [0.717, 1.165) is 16.6 Å². The van der Waals surface area contributed by atoms with E-state index in [1.165, 1.54) is 0 Å². The molecule has 2 rings (SSSR count). The second-order valence-corrected chi connectivity index (χ2v) is 2.39. The Bertz CT molecular complexity index is 382. The molecule has 1 aromatic heterocycles. The second kappa shape index (κ2) is 2.23. The zero-order valence-electron chi connectivity index (χ0n) is 5.91. The normalized spacial score (nSPS) is 10.2. The number of hydrogen-bond donors (Lipinski definition) is 1. The minimum atomic E-state index is 0.763. The number of aromatic nitrogens is 1. The molecular formula is C9H7N2. The lowest BCUT2D eigenvalue weighted by molar-refractivity contribution is 1.41. The van der Waals surface area contributed by atoms with E-state index in [2.05, 4.69) is 11.1 Å². The Balaban J connectivity index is 2.83. The van der Waals surface area contributed by atoms with E-state index >= 15 is 0 Å². The summed E-state index contributed by atoms with van der Waals surface area (Å²) in [4.78, 5) is 4.11.